The molecule has 0 saturated heterocycles. The van der Waals surface area contributed by atoms with E-state index < -0.39 is 0 Å². The Morgan fingerprint density at radius 3 is 2.58 bits per heavy atom. The minimum atomic E-state index is 0.00889. The van der Waals surface area contributed by atoms with E-state index >= 15 is 0 Å². The quantitative estimate of drug-likeness (QED) is 0.579. The van der Waals surface area contributed by atoms with Gasteiger partial charge in [-0.25, -0.2) is 0 Å². The summed E-state index contributed by atoms with van der Waals surface area (Å²) in [5.41, 5.74) is 4.51. The van der Waals surface area contributed by atoms with Crippen molar-refractivity contribution in [1.29, 1.82) is 0 Å². The third kappa shape index (κ3) is 3.64. The molecule has 26 heavy (non-hydrogen) atoms. The number of nitrogens with zero attached hydrogens (tertiary/aromatic N) is 1. The van der Waals surface area contributed by atoms with Crippen molar-refractivity contribution in [2.75, 3.05) is 10.8 Å². The van der Waals surface area contributed by atoms with Crippen LogP contribution in [0.1, 0.15) is 5.56 Å². The van der Waals surface area contributed by atoms with Gasteiger partial charge in [0.05, 0.1) is 5.69 Å². The molecule has 4 rings (SSSR count). The van der Waals surface area contributed by atoms with Gasteiger partial charge < -0.3 is 9.62 Å². The van der Waals surface area contributed by atoms with Crippen LogP contribution in [-0.2, 0) is 11.3 Å². The third-order valence-electron chi connectivity index (χ3n) is 4.23. The van der Waals surface area contributed by atoms with Crippen molar-refractivity contribution in [2.24, 2.45) is 0 Å². The van der Waals surface area contributed by atoms with Gasteiger partial charge in [0.2, 0.25) is 5.91 Å². The Labute approximate surface area is 165 Å². The van der Waals surface area contributed by atoms with Crippen molar-refractivity contribution in [3.8, 4) is 11.1 Å². The number of carbonyl (C=O) groups excluding carboxylic acids is 1. The van der Waals surface area contributed by atoms with Crippen LogP contribution in [0.25, 0.3) is 11.1 Å². The van der Waals surface area contributed by atoms with Crippen LogP contribution in [-0.4, -0.2) is 12.5 Å². The van der Waals surface area contributed by atoms with Gasteiger partial charge in [-0.05, 0) is 47.3 Å². The molecule has 5 heteroatoms. The normalized spacial score (nSPS) is 12.3. The Bertz CT molecular complexity index is 946. The van der Waals surface area contributed by atoms with Crippen LogP contribution in [0.4, 0.5) is 5.69 Å². The molecular weight excluding hydrogens is 408 g/mol. The molecule has 1 heterocycles. The average Bonchev–Trinajstić information content (AvgIpc) is 2.67. The van der Waals surface area contributed by atoms with Crippen molar-refractivity contribution < 1.29 is 4.79 Å². The number of hydrogen-bond acceptors (Lipinski definition) is 3. The molecule has 0 unspecified atom stereocenters. The third-order valence-corrected chi connectivity index (χ3v) is 5.82. The number of halogens is 1. The second kappa shape index (κ2) is 7.56. The van der Waals surface area contributed by atoms with Crippen molar-refractivity contribution in [3.05, 3.63) is 82.8 Å². The lowest BCUT2D eigenvalue weighted by molar-refractivity contribution is -0.119. The van der Waals surface area contributed by atoms with Crippen LogP contribution in [0.3, 0.4) is 0 Å². The van der Waals surface area contributed by atoms with Crippen LogP contribution in [0.5, 0.6) is 0 Å². The maximum Gasteiger partial charge on any atom is 0.240 e. The average molecular weight is 425 g/mol. The number of rotatable bonds is 4. The van der Waals surface area contributed by atoms with Gasteiger partial charge in [-0.15, -0.1) is 0 Å². The summed E-state index contributed by atoms with van der Waals surface area (Å²) in [6, 6.07) is 24.5. The number of amides is 1. The first-order chi connectivity index (χ1) is 12.7. The van der Waals surface area contributed by atoms with Gasteiger partial charge in [-0.1, -0.05) is 64.5 Å². The lowest BCUT2D eigenvalue weighted by Gasteiger charge is -2.31. The molecule has 0 aromatic heterocycles. The van der Waals surface area contributed by atoms with Crippen molar-refractivity contribution in [2.45, 2.75) is 11.4 Å². The zero-order valence-electron chi connectivity index (χ0n) is 14.0. The number of hydrogen-bond donors (Lipinski definition) is 1. The second-order valence-electron chi connectivity index (χ2n) is 6.05. The van der Waals surface area contributed by atoms with Gasteiger partial charge in [0.25, 0.3) is 0 Å². The fourth-order valence-electron chi connectivity index (χ4n) is 2.98. The maximum atomic E-state index is 12.5. The minimum Gasteiger partial charge on any atom is -0.350 e. The molecule has 1 aliphatic rings. The SMILES string of the molecule is O=C(CN1Sc2ccccc2-c2cc(Br)ccc21)NCc1ccccc1. The molecule has 1 N–H and O–H groups in total. The summed E-state index contributed by atoms with van der Waals surface area (Å²) in [6.45, 7) is 0.850. The lowest BCUT2D eigenvalue weighted by atomic mass is 10.0. The molecule has 0 spiro atoms. The molecule has 1 aliphatic heterocycles. The Hall–Kier alpha value is -2.24. The molecule has 3 aromatic rings. The van der Waals surface area contributed by atoms with Crippen LogP contribution in [0.15, 0.2) is 82.2 Å². The molecule has 0 fully saturated rings. The fraction of sp³-hybridized carbons (Fsp3) is 0.0952. The molecule has 1 amide bonds. The summed E-state index contributed by atoms with van der Waals surface area (Å²) >= 11 is 5.17. The molecule has 130 valence electrons. The fourth-order valence-corrected chi connectivity index (χ4v) is 4.43. The highest BCUT2D eigenvalue weighted by atomic mass is 79.9. The van der Waals surface area contributed by atoms with Crippen molar-refractivity contribution in [3.63, 3.8) is 0 Å². The standard InChI is InChI=1S/C21H17BrN2OS/c22-16-10-11-19-18(12-16)17-8-4-5-9-20(17)26-24(19)14-21(25)23-13-15-6-2-1-3-7-15/h1-12H,13-14H2,(H,23,25). The zero-order chi connectivity index (χ0) is 17.9. The monoisotopic (exact) mass is 424 g/mol. The van der Waals surface area contributed by atoms with E-state index in [2.05, 4.69) is 49.8 Å². The first kappa shape index (κ1) is 17.2. The molecule has 3 nitrogen and oxygen atoms in total. The summed E-state index contributed by atoms with van der Waals surface area (Å²) in [6.07, 6.45) is 0. The summed E-state index contributed by atoms with van der Waals surface area (Å²) in [7, 11) is 0. The van der Waals surface area contributed by atoms with Crippen LogP contribution >= 0.6 is 27.9 Å². The molecular formula is C21H17BrN2OS. The van der Waals surface area contributed by atoms with E-state index in [4.69, 9.17) is 0 Å². The van der Waals surface area contributed by atoms with Gasteiger partial charge in [0, 0.05) is 21.5 Å². The smallest absolute Gasteiger partial charge is 0.240 e. The van der Waals surface area contributed by atoms with E-state index in [1.807, 2.05) is 48.5 Å². The Morgan fingerprint density at radius 2 is 1.73 bits per heavy atom. The topological polar surface area (TPSA) is 32.3 Å². The number of nitrogens with one attached hydrogen (secondary N) is 1. The number of fused-ring (bicyclic) bond motifs is 3. The van der Waals surface area contributed by atoms with Gasteiger partial charge in [-0.2, -0.15) is 0 Å². The highest BCUT2D eigenvalue weighted by Gasteiger charge is 2.24. The van der Waals surface area contributed by atoms with E-state index in [9.17, 15) is 4.79 Å². The number of benzene rings is 3. The molecule has 0 aliphatic carbocycles. The van der Waals surface area contributed by atoms with Crippen LogP contribution in [0, 0.1) is 0 Å². The van der Waals surface area contributed by atoms with Gasteiger partial charge >= 0.3 is 0 Å². The van der Waals surface area contributed by atoms with Crippen molar-refractivity contribution >= 4 is 39.5 Å². The molecule has 0 radical (unpaired) electrons. The number of carbonyl (C=O) groups is 1. The lowest BCUT2D eigenvalue weighted by Crippen LogP contribution is -2.34. The highest BCUT2D eigenvalue weighted by Crippen LogP contribution is 2.46. The molecule has 0 saturated carbocycles. The summed E-state index contributed by atoms with van der Waals surface area (Å²) in [5.74, 6) is 0.00889. The van der Waals surface area contributed by atoms with E-state index in [0.29, 0.717) is 13.1 Å². The van der Waals surface area contributed by atoms with Gasteiger partial charge in [0.1, 0.15) is 6.54 Å². The van der Waals surface area contributed by atoms with Crippen LogP contribution in [0.2, 0.25) is 0 Å². The van der Waals surface area contributed by atoms with E-state index in [1.54, 1.807) is 11.9 Å². The first-order valence-corrected chi connectivity index (χ1v) is 9.92. The van der Waals surface area contributed by atoms with E-state index in [-0.39, 0.29) is 5.91 Å². The highest BCUT2D eigenvalue weighted by molar-refractivity contribution is 9.10. The Kier molecular flexibility index (Phi) is 5.00. The summed E-state index contributed by atoms with van der Waals surface area (Å²) in [5, 5.41) is 3.01. The van der Waals surface area contributed by atoms with E-state index in [0.717, 1.165) is 26.2 Å². The van der Waals surface area contributed by atoms with E-state index in [1.165, 1.54) is 5.56 Å². The van der Waals surface area contributed by atoms with Crippen molar-refractivity contribution in [1.82, 2.24) is 5.32 Å². The Morgan fingerprint density at radius 1 is 0.962 bits per heavy atom. The molecule has 3 aromatic carbocycles. The number of anilines is 1. The van der Waals surface area contributed by atoms with Gasteiger partial charge in [0.15, 0.2) is 0 Å². The minimum absolute atomic E-state index is 0.00889. The predicted octanol–water partition coefficient (Wildman–Crippen LogP) is 5.26. The van der Waals surface area contributed by atoms with Crippen LogP contribution < -0.4 is 9.62 Å². The van der Waals surface area contributed by atoms with Gasteiger partial charge in [-0.3, -0.25) is 4.79 Å². The predicted molar refractivity (Wildman–Crippen MR) is 111 cm³/mol. The largest absolute Gasteiger partial charge is 0.350 e. The molecule has 0 atom stereocenters. The Balaban J connectivity index is 1.53. The molecule has 0 bridgehead atoms. The zero-order valence-corrected chi connectivity index (χ0v) is 16.4. The first-order valence-electron chi connectivity index (χ1n) is 8.36. The summed E-state index contributed by atoms with van der Waals surface area (Å²) in [4.78, 5) is 13.7. The summed E-state index contributed by atoms with van der Waals surface area (Å²) < 4.78 is 3.09. The maximum absolute atomic E-state index is 12.5. The second-order valence-corrected chi connectivity index (χ2v) is 8.03.